The minimum absolute atomic E-state index is 0.120. The van der Waals surface area contributed by atoms with Crippen molar-refractivity contribution in [3.63, 3.8) is 0 Å². The lowest BCUT2D eigenvalue weighted by Gasteiger charge is -2.13. The summed E-state index contributed by atoms with van der Waals surface area (Å²) in [5.41, 5.74) is 4.68. The molecule has 0 saturated carbocycles. The Hall–Kier alpha value is -1.22. The van der Waals surface area contributed by atoms with E-state index in [1.807, 2.05) is 0 Å². The molecule has 15 heavy (non-hydrogen) atoms. The van der Waals surface area contributed by atoms with Crippen LogP contribution in [0.25, 0.3) is 0 Å². The molecule has 0 aliphatic rings. The van der Waals surface area contributed by atoms with E-state index in [-0.39, 0.29) is 22.1 Å². The molecule has 1 aromatic carbocycles. The molecule has 0 radical (unpaired) electrons. The highest BCUT2D eigenvalue weighted by Crippen LogP contribution is 2.37. The number of nitrogens with zero attached hydrogens (tertiary/aromatic N) is 1. The number of anilines is 1. The van der Waals surface area contributed by atoms with Gasteiger partial charge in [-0.25, -0.2) is 0 Å². The third kappa shape index (κ3) is 2.42. The molecule has 6 heteroatoms. The molecule has 0 atom stereocenters. The molecule has 0 bridgehead atoms. The van der Waals surface area contributed by atoms with Crippen molar-refractivity contribution in [3.05, 3.63) is 27.7 Å². The van der Waals surface area contributed by atoms with Crippen molar-refractivity contribution in [2.75, 3.05) is 5.73 Å². The van der Waals surface area contributed by atoms with Crippen molar-refractivity contribution in [2.45, 2.75) is 12.6 Å². The Morgan fingerprint density at radius 1 is 1.40 bits per heavy atom. The van der Waals surface area contributed by atoms with Crippen LogP contribution in [0.1, 0.15) is 11.1 Å². The first-order valence-electron chi connectivity index (χ1n) is 3.89. The zero-order chi connectivity index (χ0) is 11.6. The molecule has 0 aliphatic carbocycles. The van der Waals surface area contributed by atoms with Crippen LogP contribution >= 0.6 is 15.9 Å². The van der Waals surface area contributed by atoms with Gasteiger partial charge in [0.1, 0.15) is 0 Å². The molecular formula is C9H6BrF3N2. The van der Waals surface area contributed by atoms with Crippen molar-refractivity contribution in [1.82, 2.24) is 0 Å². The molecule has 80 valence electrons. The molecule has 2 N–H and O–H groups in total. The number of nitriles is 1. The third-order valence-electron chi connectivity index (χ3n) is 1.83. The predicted molar refractivity (Wildman–Crippen MR) is 52.9 cm³/mol. The fourth-order valence-electron chi connectivity index (χ4n) is 1.16. The van der Waals surface area contributed by atoms with Crippen LogP contribution in [-0.2, 0) is 12.6 Å². The summed E-state index contributed by atoms with van der Waals surface area (Å²) < 4.78 is 37.7. The summed E-state index contributed by atoms with van der Waals surface area (Å²) in [5, 5.41) is 8.45. The van der Waals surface area contributed by atoms with E-state index in [9.17, 15) is 13.2 Å². The van der Waals surface area contributed by atoms with Crippen LogP contribution in [0.2, 0.25) is 0 Å². The molecule has 2 nitrogen and oxygen atoms in total. The quantitative estimate of drug-likeness (QED) is 0.803. The van der Waals surface area contributed by atoms with Gasteiger partial charge < -0.3 is 5.73 Å². The number of rotatable bonds is 1. The van der Waals surface area contributed by atoms with E-state index >= 15 is 0 Å². The molecular weight excluding hydrogens is 273 g/mol. The number of nitrogen functional groups attached to an aromatic ring is 1. The van der Waals surface area contributed by atoms with Crippen molar-refractivity contribution in [3.8, 4) is 6.07 Å². The molecule has 0 aliphatic heterocycles. The van der Waals surface area contributed by atoms with Crippen molar-refractivity contribution in [1.29, 1.82) is 5.26 Å². The predicted octanol–water partition coefficient (Wildman–Crippen LogP) is 3.12. The third-order valence-corrected chi connectivity index (χ3v) is 2.77. The average molecular weight is 279 g/mol. The standard InChI is InChI=1S/C9H6BrF3N2/c10-8-5(3-4-14)6(9(11,12)13)1-2-7(8)15/h1-2H,3,15H2. The summed E-state index contributed by atoms with van der Waals surface area (Å²) in [6.45, 7) is 0. The summed E-state index contributed by atoms with van der Waals surface area (Å²) in [4.78, 5) is 0. The van der Waals surface area contributed by atoms with E-state index in [0.29, 0.717) is 0 Å². The van der Waals surface area contributed by atoms with Crippen LogP contribution in [0, 0.1) is 11.3 Å². The Labute approximate surface area is 92.6 Å². The second kappa shape index (κ2) is 4.11. The minimum Gasteiger partial charge on any atom is -0.398 e. The lowest BCUT2D eigenvalue weighted by Crippen LogP contribution is -2.10. The van der Waals surface area contributed by atoms with Gasteiger partial charge in [-0.1, -0.05) is 0 Å². The van der Waals surface area contributed by atoms with Gasteiger partial charge in [0.05, 0.1) is 18.1 Å². The number of hydrogen-bond donors (Lipinski definition) is 1. The molecule has 0 amide bonds. The molecule has 0 saturated heterocycles. The lowest BCUT2D eigenvalue weighted by molar-refractivity contribution is -0.138. The summed E-state index contributed by atoms with van der Waals surface area (Å²) in [6.07, 6.45) is -4.80. The highest BCUT2D eigenvalue weighted by Gasteiger charge is 2.34. The molecule has 0 heterocycles. The Bertz CT molecular complexity index is 421. The second-order valence-electron chi connectivity index (χ2n) is 2.83. The van der Waals surface area contributed by atoms with Gasteiger partial charge in [-0.2, -0.15) is 18.4 Å². The largest absolute Gasteiger partial charge is 0.416 e. The van der Waals surface area contributed by atoms with Gasteiger partial charge in [0.25, 0.3) is 0 Å². The van der Waals surface area contributed by atoms with E-state index in [4.69, 9.17) is 11.0 Å². The van der Waals surface area contributed by atoms with Gasteiger partial charge in [-0.15, -0.1) is 0 Å². The van der Waals surface area contributed by atoms with Crippen LogP contribution in [-0.4, -0.2) is 0 Å². The van der Waals surface area contributed by atoms with Gasteiger partial charge in [0.2, 0.25) is 0 Å². The Kier molecular flexibility index (Phi) is 3.25. The van der Waals surface area contributed by atoms with Crippen molar-refractivity contribution >= 4 is 21.6 Å². The van der Waals surface area contributed by atoms with Crippen LogP contribution in [0.5, 0.6) is 0 Å². The van der Waals surface area contributed by atoms with Crippen molar-refractivity contribution < 1.29 is 13.2 Å². The summed E-state index contributed by atoms with van der Waals surface area (Å²) in [6, 6.07) is 3.72. The Balaban J connectivity index is 3.41. The Morgan fingerprint density at radius 3 is 2.47 bits per heavy atom. The summed E-state index contributed by atoms with van der Waals surface area (Å²) >= 11 is 2.95. The number of hydrogen-bond acceptors (Lipinski definition) is 2. The van der Waals surface area contributed by atoms with Crippen molar-refractivity contribution in [2.24, 2.45) is 0 Å². The number of halogens is 4. The number of alkyl halides is 3. The first kappa shape index (κ1) is 11.9. The van der Waals surface area contributed by atoms with E-state index in [1.54, 1.807) is 6.07 Å². The zero-order valence-corrected chi connectivity index (χ0v) is 8.98. The number of benzene rings is 1. The van der Waals surface area contributed by atoms with Crippen LogP contribution < -0.4 is 5.73 Å². The molecule has 0 spiro atoms. The van der Waals surface area contributed by atoms with Gasteiger partial charge in [0, 0.05) is 10.2 Å². The van der Waals surface area contributed by atoms with E-state index in [1.165, 1.54) is 0 Å². The maximum atomic E-state index is 12.5. The molecule has 1 aromatic rings. The van der Waals surface area contributed by atoms with E-state index in [0.717, 1.165) is 12.1 Å². The highest BCUT2D eigenvalue weighted by molar-refractivity contribution is 9.10. The van der Waals surface area contributed by atoms with Gasteiger partial charge in [-0.3, -0.25) is 0 Å². The normalized spacial score (nSPS) is 11.1. The molecule has 0 fully saturated rings. The van der Waals surface area contributed by atoms with Crippen LogP contribution in [0.15, 0.2) is 16.6 Å². The molecule has 0 unspecified atom stereocenters. The Morgan fingerprint density at radius 2 is 2.00 bits per heavy atom. The second-order valence-corrected chi connectivity index (χ2v) is 3.62. The number of nitrogens with two attached hydrogens (primary N) is 1. The van der Waals surface area contributed by atoms with E-state index < -0.39 is 11.7 Å². The first-order chi connectivity index (χ1) is 6.88. The molecule has 0 aromatic heterocycles. The summed E-state index contributed by atoms with van der Waals surface area (Å²) in [7, 11) is 0. The fourth-order valence-corrected chi connectivity index (χ4v) is 1.64. The maximum absolute atomic E-state index is 12.5. The summed E-state index contributed by atoms with van der Waals surface area (Å²) in [5.74, 6) is 0. The highest BCUT2D eigenvalue weighted by atomic mass is 79.9. The lowest BCUT2D eigenvalue weighted by atomic mass is 10.0. The minimum atomic E-state index is -4.47. The van der Waals surface area contributed by atoms with Crippen LogP contribution in [0.3, 0.4) is 0 Å². The molecule has 1 rings (SSSR count). The smallest absolute Gasteiger partial charge is 0.398 e. The average Bonchev–Trinajstić information content (AvgIpc) is 2.11. The maximum Gasteiger partial charge on any atom is 0.416 e. The van der Waals surface area contributed by atoms with Gasteiger partial charge in [-0.05, 0) is 33.6 Å². The topological polar surface area (TPSA) is 49.8 Å². The fraction of sp³-hybridized carbons (Fsp3) is 0.222. The first-order valence-corrected chi connectivity index (χ1v) is 4.68. The SMILES string of the molecule is N#CCc1c(C(F)(F)F)ccc(N)c1Br. The zero-order valence-electron chi connectivity index (χ0n) is 7.40. The van der Waals surface area contributed by atoms with Crippen LogP contribution in [0.4, 0.5) is 18.9 Å². The van der Waals surface area contributed by atoms with E-state index in [2.05, 4.69) is 15.9 Å². The monoisotopic (exact) mass is 278 g/mol. The van der Waals surface area contributed by atoms with Gasteiger partial charge in [0.15, 0.2) is 0 Å². The van der Waals surface area contributed by atoms with Gasteiger partial charge >= 0.3 is 6.18 Å².